The van der Waals surface area contributed by atoms with Gasteiger partial charge in [-0.2, -0.15) is 10.2 Å². The van der Waals surface area contributed by atoms with Crippen molar-refractivity contribution in [2.24, 2.45) is 16.1 Å². The molecule has 0 amide bonds. The van der Waals surface area contributed by atoms with Crippen molar-refractivity contribution >= 4 is 17.3 Å². The molecule has 0 spiro atoms. The van der Waals surface area contributed by atoms with Crippen LogP contribution >= 0.6 is 0 Å². The minimum absolute atomic E-state index is 0.134. The lowest BCUT2D eigenvalue weighted by atomic mass is 9.90. The number of likely N-dealkylation sites (N-methyl/N-ethyl adjacent to an activating group) is 1. The number of hydrogen-bond acceptors (Lipinski definition) is 6. The topological polar surface area (TPSA) is 63.5 Å². The van der Waals surface area contributed by atoms with Crippen LogP contribution in [0.1, 0.15) is 31.9 Å². The van der Waals surface area contributed by atoms with Gasteiger partial charge in [0.25, 0.3) is 0 Å². The Morgan fingerprint density at radius 3 is 2.68 bits per heavy atom. The highest BCUT2D eigenvalue weighted by Gasteiger charge is 2.48. The SMILES string of the molecule is CCOC(=O)C1C[C@@H]2COc3ccc(N=Nc4ccccc4)cc3[C@@H]2N1CC. The van der Waals surface area contributed by atoms with E-state index in [1.807, 2.05) is 55.5 Å². The van der Waals surface area contributed by atoms with E-state index in [-0.39, 0.29) is 24.0 Å². The van der Waals surface area contributed by atoms with Crippen molar-refractivity contribution in [1.29, 1.82) is 0 Å². The van der Waals surface area contributed by atoms with Gasteiger partial charge in [0.2, 0.25) is 0 Å². The fourth-order valence-corrected chi connectivity index (χ4v) is 4.26. The Hall–Kier alpha value is -2.73. The second kappa shape index (κ2) is 8.10. The van der Waals surface area contributed by atoms with Gasteiger partial charge in [0.05, 0.1) is 24.6 Å². The zero-order chi connectivity index (χ0) is 19.5. The normalized spacial score (nSPS) is 23.9. The third-order valence-corrected chi connectivity index (χ3v) is 5.46. The molecule has 1 fully saturated rings. The van der Waals surface area contributed by atoms with E-state index in [1.54, 1.807) is 0 Å². The highest BCUT2D eigenvalue weighted by Crippen LogP contribution is 2.48. The van der Waals surface area contributed by atoms with Gasteiger partial charge in [-0.3, -0.25) is 9.69 Å². The second-order valence-corrected chi connectivity index (χ2v) is 7.11. The van der Waals surface area contributed by atoms with Gasteiger partial charge in [-0.05, 0) is 50.2 Å². The van der Waals surface area contributed by atoms with Crippen LogP contribution in [-0.4, -0.2) is 36.7 Å². The van der Waals surface area contributed by atoms with Crippen LogP contribution in [0.3, 0.4) is 0 Å². The van der Waals surface area contributed by atoms with Gasteiger partial charge < -0.3 is 9.47 Å². The van der Waals surface area contributed by atoms with E-state index in [1.165, 1.54) is 0 Å². The molecule has 0 aliphatic carbocycles. The van der Waals surface area contributed by atoms with Gasteiger partial charge in [-0.1, -0.05) is 25.1 Å². The molecular weight excluding hydrogens is 354 g/mol. The Labute approximate surface area is 165 Å². The molecule has 0 N–H and O–H groups in total. The first kappa shape index (κ1) is 18.6. The molecule has 28 heavy (non-hydrogen) atoms. The number of likely N-dealkylation sites (tertiary alicyclic amines) is 1. The number of azo groups is 1. The molecule has 6 heteroatoms. The summed E-state index contributed by atoms with van der Waals surface area (Å²) in [7, 11) is 0. The molecule has 1 unspecified atom stereocenters. The van der Waals surface area contributed by atoms with E-state index >= 15 is 0 Å². The molecule has 0 bridgehead atoms. The fraction of sp³-hybridized carbons (Fsp3) is 0.409. The third kappa shape index (κ3) is 3.52. The van der Waals surface area contributed by atoms with Gasteiger partial charge in [0.1, 0.15) is 11.8 Å². The zero-order valence-electron chi connectivity index (χ0n) is 16.2. The van der Waals surface area contributed by atoms with Crippen LogP contribution in [-0.2, 0) is 9.53 Å². The number of esters is 1. The van der Waals surface area contributed by atoms with Crippen molar-refractivity contribution < 1.29 is 14.3 Å². The largest absolute Gasteiger partial charge is 0.493 e. The fourth-order valence-electron chi connectivity index (χ4n) is 4.26. The second-order valence-electron chi connectivity index (χ2n) is 7.11. The number of carbonyl (C=O) groups excluding carboxylic acids is 1. The van der Waals surface area contributed by atoms with Crippen LogP contribution in [0.4, 0.5) is 11.4 Å². The summed E-state index contributed by atoms with van der Waals surface area (Å²) >= 11 is 0. The van der Waals surface area contributed by atoms with E-state index in [0.29, 0.717) is 13.2 Å². The molecule has 0 aromatic heterocycles. The van der Waals surface area contributed by atoms with Gasteiger partial charge in [-0.15, -0.1) is 0 Å². The minimum atomic E-state index is -0.218. The van der Waals surface area contributed by atoms with Crippen molar-refractivity contribution in [3.05, 3.63) is 54.1 Å². The predicted octanol–water partition coefficient (Wildman–Crippen LogP) is 4.81. The Bertz CT molecular complexity index is 869. The number of benzene rings is 2. The van der Waals surface area contributed by atoms with Gasteiger partial charge in [0, 0.05) is 17.5 Å². The lowest BCUT2D eigenvalue weighted by Gasteiger charge is -2.34. The molecule has 2 aliphatic rings. The molecule has 2 aromatic carbocycles. The van der Waals surface area contributed by atoms with E-state index in [0.717, 1.165) is 35.7 Å². The highest BCUT2D eigenvalue weighted by molar-refractivity contribution is 5.76. The van der Waals surface area contributed by atoms with Crippen molar-refractivity contribution in [3.63, 3.8) is 0 Å². The number of nitrogens with zero attached hydrogens (tertiary/aromatic N) is 3. The average Bonchev–Trinajstić information content (AvgIpc) is 3.12. The Kier molecular flexibility index (Phi) is 5.39. The summed E-state index contributed by atoms with van der Waals surface area (Å²) in [6.07, 6.45) is 0.756. The van der Waals surface area contributed by atoms with Crippen LogP contribution in [0.15, 0.2) is 58.8 Å². The lowest BCUT2D eigenvalue weighted by Crippen LogP contribution is -2.39. The van der Waals surface area contributed by atoms with E-state index in [4.69, 9.17) is 9.47 Å². The van der Waals surface area contributed by atoms with Crippen molar-refractivity contribution in [1.82, 2.24) is 4.90 Å². The van der Waals surface area contributed by atoms with Gasteiger partial charge in [0.15, 0.2) is 0 Å². The maximum atomic E-state index is 12.5. The summed E-state index contributed by atoms with van der Waals surface area (Å²) < 4.78 is 11.3. The predicted molar refractivity (Wildman–Crippen MR) is 106 cm³/mol. The number of rotatable bonds is 5. The number of fused-ring (bicyclic) bond motifs is 3. The molecule has 1 saturated heterocycles. The third-order valence-electron chi connectivity index (χ3n) is 5.46. The first-order valence-electron chi connectivity index (χ1n) is 9.87. The maximum Gasteiger partial charge on any atom is 0.323 e. The lowest BCUT2D eigenvalue weighted by molar-refractivity contribution is -0.148. The summed E-state index contributed by atoms with van der Waals surface area (Å²) in [5.41, 5.74) is 2.67. The molecule has 0 radical (unpaired) electrons. The highest BCUT2D eigenvalue weighted by atomic mass is 16.5. The Morgan fingerprint density at radius 2 is 1.93 bits per heavy atom. The molecule has 146 valence electrons. The number of ether oxygens (including phenoxy) is 2. The molecule has 3 atom stereocenters. The monoisotopic (exact) mass is 379 g/mol. The first-order chi connectivity index (χ1) is 13.7. The minimum Gasteiger partial charge on any atom is -0.493 e. The van der Waals surface area contributed by atoms with Crippen molar-refractivity contribution in [3.8, 4) is 5.75 Å². The summed E-state index contributed by atoms with van der Waals surface area (Å²) in [4.78, 5) is 14.7. The maximum absolute atomic E-state index is 12.5. The quantitative estimate of drug-likeness (QED) is 0.552. The van der Waals surface area contributed by atoms with Gasteiger partial charge in [-0.25, -0.2) is 0 Å². The molecule has 0 saturated carbocycles. The molecular formula is C22H25N3O3. The number of hydrogen-bond donors (Lipinski definition) is 0. The van der Waals surface area contributed by atoms with Crippen LogP contribution in [0.2, 0.25) is 0 Å². The van der Waals surface area contributed by atoms with Crippen LogP contribution < -0.4 is 4.74 Å². The van der Waals surface area contributed by atoms with Crippen molar-refractivity contribution in [2.75, 3.05) is 19.8 Å². The summed E-state index contributed by atoms with van der Waals surface area (Å²) in [5, 5.41) is 8.71. The Balaban J connectivity index is 1.63. The van der Waals surface area contributed by atoms with E-state index < -0.39 is 0 Å². The van der Waals surface area contributed by atoms with Crippen LogP contribution in [0, 0.1) is 5.92 Å². The average molecular weight is 379 g/mol. The number of carbonyl (C=O) groups is 1. The zero-order valence-corrected chi connectivity index (χ0v) is 16.2. The smallest absolute Gasteiger partial charge is 0.323 e. The summed E-state index contributed by atoms with van der Waals surface area (Å²) in [6.45, 7) is 5.73. The van der Waals surface area contributed by atoms with E-state index in [9.17, 15) is 4.79 Å². The summed E-state index contributed by atoms with van der Waals surface area (Å²) in [5.74, 6) is 0.992. The first-order valence-corrected chi connectivity index (χ1v) is 9.87. The molecule has 2 aliphatic heterocycles. The molecule has 4 rings (SSSR count). The molecule has 2 aromatic rings. The molecule has 6 nitrogen and oxygen atoms in total. The van der Waals surface area contributed by atoms with E-state index in [2.05, 4.69) is 22.1 Å². The van der Waals surface area contributed by atoms with Crippen molar-refractivity contribution in [2.45, 2.75) is 32.4 Å². The van der Waals surface area contributed by atoms with Crippen LogP contribution in [0.5, 0.6) is 5.75 Å². The standard InChI is InChI=1S/C22H25N3O3/c1-3-25-19(22(26)27-4-2)12-15-14-28-20-11-10-17(13-18(20)21(15)25)24-23-16-8-6-5-7-9-16/h5-11,13,15,19,21H,3-4,12,14H2,1-2H3/t15-,19?,21-/m1/s1. The molecule has 2 heterocycles. The van der Waals surface area contributed by atoms with Crippen LogP contribution in [0.25, 0.3) is 0 Å². The summed E-state index contributed by atoms with van der Waals surface area (Å²) in [6, 6.07) is 15.5. The Morgan fingerprint density at radius 1 is 1.14 bits per heavy atom. The van der Waals surface area contributed by atoms with Gasteiger partial charge >= 0.3 is 5.97 Å².